The van der Waals surface area contributed by atoms with Crippen LogP contribution in [0.4, 0.5) is 4.39 Å². The first-order valence-electron chi connectivity index (χ1n) is 10.8. The number of carbonyl (C=O) groups is 1. The number of amides is 1. The van der Waals surface area contributed by atoms with E-state index in [2.05, 4.69) is 21.5 Å². The molecular weight excluding hydrogens is 479 g/mol. The van der Waals surface area contributed by atoms with E-state index >= 15 is 4.39 Å². The summed E-state index contributed by atoms with van der Waals surface area (Å²) in [7, 11) is 0. The van der Waals surface area contributed by atoms with Gasteiger partial charge in [-0.15, -0.1) is 0 Å². The van der Waals surface area contributed by atoms with E-state index in [1.54, 1.807) is 54.9 Å². The molecule has 5 aromatic rings. The predicted octanol–water partition coefficient (Wildman–Crippen LogP) is 6.44. The maximum Gasteiger partial charge on any atom is 0.248 e. The summed E-state index contributed by atoms with van der Waals surface area (Å²) in [6.45, 7) is 3.77. The Hall–Kier alpha value is -4.62. The van der Waals surface area contributed by atoms with Gasteiger partial charge in [0.2, 0.25) is 11.8 Å². The van der Waals surface area contributed by atoms with Gasteiger partial charge >= 0.3 is 0 Å². The molecule has 6 nitrogen and oxygen atoms in total. The Bertz CT molecular complexity index is 1650. The van der Waals surface area contributed by atoms with Crippen molar-refractivity contribution < 1.29 is 13.9 Å². The second kappa shape index (κ2) is 9.56. The summed E-state index contributed by atoms with van der Waals surface area (Å²) in [5.74, 6) is -0.644. The quantitative estimate of drug-likeness (QED) is 0.273. The SMILES string of the molecule is C=C(C(N)=O)c1cccc(-c2cc(-c3ccc(Oc4ncccc4Cl)cc3F)cc3cncnc23)c1. The fourth-order valence-electron chi connectivity index (χ4n) is 3.85. The van der Waals surface area contributed by atoms with Gasteiger partial charge in [-0.05, 0) is 59.2 Å². The molecule has 176 valence electrons. The zero-order valence-corrected chi connectivity index (χ0v) is 19.5. The Morgan fingerprint density at radius 1 is 0.972 bits per heavy atom. The third-order valence-corrected chi connectivity index (χ3v) is 5.90. The maximum atomic E-state index is 15.3. The number of aromatic nitrogens is 3. The third-order valence-electron chi connectivity index (χ3n) is 5.62. The number of nitrogens with two attached hydrogens (primary N) is 1. The molecule has 0 bridgehead atoms. The van der Waals surface area contributed by atoms with Crippen LogP contribution in [0.3, 0.4) is 0 Å². The lowest BCUT2D eigenvalue weighted by atomic mass is 9.94. The minimum atomic E-state index is -0.607. The lowest BCUT2D eigenvalue weighted by Gasteiger charge is -2.13. The van der Waals surface area contributed by atoms with E-state index in [-0.39, 0.29) is 17.2 Å². The minimum Gasteiger partial charge on any atom is -0.437 e. The van der Waals surface area contributed by atoms with Crippen molar-refractivity contribution in [2.75, 3.05) is 0 Å². The van der Waals surface area contributed by atoms with Gasteiger partial charge in [0.15, 0.2) is 0 Å². The first-order chi connectivity index (χ1) is 17.4. The van der Waals surface area contributed by atoms with E-state index in [0.29, 0.717) is 27.2 Å². The lowest BCUT2D eigenvalue weighted by Crippen LogP contribution is -2.11. The van der Waals surface area contributed by atoms with E-state index in [1.165, 1.54) is 12.4 Å². The van der Waals surface area contributed by atoms with Crippen molar-refractivity contribution >= 4 is 34.0 Å². The number of hydrogen-bond donors (Lipinski definition) is 1. The Labute approximate surface area is 210 Å². The van der Waals surface area contributed by atoms with E-state index in [4.69, 9.17) is 22.1 Å². The number of ether oxygens (including phenoxy) is 1. The number of pyridine rings is 1. The second-order valence-corrected chi connectivity index (χ2v) is 8.35. The van der Waals surface area contributed by atoms with Gasteiger partial charge in [0.1, 0.15) is 22.9 Å². The highest BCUT2D eigenvalue weighted by atomic mass is 35.5. The molecule has 0 fully saturated rings. The number of primary amides is 1. The van der Waals surface area contributed by atoms with Crippen LogP contribution in [0.15, 0.2) is 92.0 Å². The van der Waals surface area contributed by atoms with E-state index < -0.39 is 11.7 Å². The zero-order valence-electron chi connectivity index (χ0n) is 18.8. The van der Waals surface area contributed by atoms with Gasteiger partial charge in [-0.3, -0.25) is 4.79 Å². The van der Waals surface area contributed by atoms with E-state index in [0.717, 1.165) is 16.5 Å². The average molecular weight is 497 g/mol. The average Bonchev–Trinajstić information content (AvgIpc) is 2.89. The monoisotopic (exact) mass is 496 g/mol. The number of carbonyl (C=O) groups excluding carboxylic acids is 1. The summed E-state index contributed by atoms with van der Waals surface area (Å²) in [5.41, 5.74) is 9.37. The fourth-order valence-corrected chi connectivity index (χ4v) is 4.01. The van der Waals surface area contributed by atoms with Gasteiger partial charge in [-0.1, -0.05) is 36.4 Å². The molecular formula is C28H18ClFN4O2. The Morgan fingerprint density at radius 3 is 2.61 bits per heavy atom. The number of hydrogen-bond acceptors (Lipinski definition) is 5. The van der Waals surface area contributed by atoms with Gasteiger partial charge in [0.25, 0.3) is 0 Å². The van der Waals surface area contributed by atoms with Crippen LogP contribution < -0.4 is 10.5 Å². The summed E-state index contributed by atoms with van der Waals surface area (Å²) >= 11 is 6.10. The van der Waals surface area contributed by atoms with Gasteiger partial charge in [0.05, 0.1) is 5.52 Å². The normalized spacial score (nSPS) is 10.8. The Kier molecular flexibility index (Phi) is 6.14. The zero-order chi connectivity index (χ0) is 25.2. The van der Waals surface area contributed by atoms with Crippen molar-refractivity contribution in [3.63, 3.8) is 0 Å². The molecule has 2 aromatic heterocycles. The van der Waals surface area contributed by atoms with Crippen molar-refractivity contribution in [2.24, 2.45) is 5.73 Å². The smallest absolute Gasteiger partial charge is 0.248 e. The molecule has 3 aromatic carbocycles. The van der Waals surface area contributed by atoms with E-state index in [9.17, 15) is 4.79 Å². The van der Waals surface area contributed by atoms with Crippen LogP contribution >= 0.6 is 11.6 Å². The number of benzene rings is 3. The van der Waals surface area contributed by atoms with Crippen LogP contribution in [0.1, 0.15) is 5.56 Å². The molecule has 0 atom stereocenters. The van der Waals surface area contributed by atoms with Crippen molar-refractivity contribution in [1.29, 1.82) is 0 Å². The molecule has 0 saturated heterocycles. The minimum absolute atomic E-state index is 0.189. The molecule has 0 aliphatic rings. The Balaban J connectivity index is 1.59. The Morgan fingerprint density at radius 2 is 1.83 bits per heavy atom. The molecule has 0 aliphatic heterocycles. The van der Waals surface area contributed by atoms with Gasteiger partial charge < -0.3 is 10.5 Å². The molecule has 2 N–H and O–H groups in total. The standard InChI is InChI=1S/C28H18ClFN4O2/c1-16(27(31)35)17-4-2-5-18(10-17)23-12-19(11-20-14-32-15-34-26(20)23)22-8-7-21(13-25(22)30)36-28-24(29)6-3-9-33-28/h2-15H,1H2,(H2,31,35). The first kappa shape index (κ1) is 23.1. The van der Waals surface area contributed by atoms with E-state index in [1.807, 2.05) is 18.2 Å². The van der Waals surface area contributed by atoms with Gasteiger partial charge in [-0.2, -0.15) is 0 Å². The molecule has 0 unspecified atom stereocenters. The van der Waals surface area contributed by atoms with Crippen LogP contribution in [0, 0.1) is 5.82 Å². The van der Waals surface area contributed by atoms with Crippen molar-refractivity contribution in [3.8, 4) is 33.9 Å². The van der Waals surface area contributed by atoms with Gasteiger partial charge in [0, 0.05) is 40.5 Å². The summed E-state index contributed by atoms with van der Waals surface area (Å²) in [4.78, 5) is 24.3. The topological polar surface area (TPSA) is 91.0 Å². The lowest BCUT2D eigenvalue weighted by molar-refractivity contribution is -0.112. The summed E-state index contributed by atoms with van der Waals surface area (Å²) in [6, 6.07) is 18.8. The number of fused-ring (bicyclic) bond motifs is 1. The molecule has 5 rings (SSSR count). The number of halogens is 2. The van der Waals surface area contributed by atoms with Crippen LogP contribution in [0.5, 0.6) is 11.6 Å². The van der Waals surface area contributed by atoms with Crippen molar-refractivity contribution in [1.82, 2.24) is 15.0 Å². The molecule has 0 radical (unpaired) electrons. The molecule has 0 spiro atoms. The van der Waals surface area contributed by atoms with Crippen molar-refractivity contribution in [2.45, 2.75) is 0 Å². The summed E-state index contributed by atoms with van der Waals surface area (Å²) in [5, 5.41) is 1.05. The van der Waals surface area contributed by atoms with Crippen LogP contribution in [0.25, 0.3) is 38.7 Å². The highest BCUT2D eigenvalue weighted by Crippen LogP contribution is 2.36. The molecule has 8 heteroatoms. The summed E-state index contributed by atoms with van der Waals surface area (Å²) in [6.07, 6.45) is 4.66. The maximum absolute atomic E-state index is 15.3. The van der Waals surface area contributed by atoms with Crippen LogP contribution in [0.2, 0.25) is 5.02 Å². The highest BCUT2D eigenvalue weighted by Gasteiger charge is 2.15. The fraction of sp³-hybridized carbons (Fsp3) is 0. The van der Waals surface area contributed by atoms with Crippen molar-refractivity contribution in [3.05, 3.63) is 108 Å². The summed E-state index contributed by atoms with van der Waals surface area (Å²) < 4.78 is 21.0. The highest BCUT2D eigenvalue weighted by molar-refractivity contribution is 6.31. The molecule has 0 saturated carbocycles. The van der Waals surface area contributed by atoms with Gasteiger partial charge in [-0.25, -0.2) is 19.3 Å². The third kappa shape index (κ3) is 4.52. The number of rotatable bonds is 6. The van der Waals surface area contributed by atoms with Crippen LogP contribution in [-0.2, 0) is 4.79 Å². The van der Waals surface area contributed by atoms with Crippen LogP contribution in [-0.4, -0.2) is 20.9 Å². The largest absolute Gasteiger partial charge is 0.437 e. The predicted molar refractivity (Wildman–Crippen MR) is 138 cm³/mol. The molecule has 0 aliphatic carbocycles. The molecule has 36 heavy (non-hydrogen) atoms. The molecule has 2 heterocycles. The molecule has 1 amide bonds. The second-order valence-electron chi connectivity index (χ2n) is 7.94. The number of nitrogens with zero attached hydrogens (tertiary/aromatic N) is 3. The first-order valence-corrected chi connectivity index (χ1v) is 11.2.